The molecule has 1 aliphatic rings. The molecule has 1 aromatic heterocycles. The fraction of sp³-hybridized carbons (Fsp3) is 0.529. The van der Waals surface area contributed by atoms with E-state index in [0.717, 1.165) is 18.2 Å². The second kappa shape index (κ2) is 4.88. The number of furan rings is 1. The van der Waals surface area contributed by atoms with Gasteiger partial charge in [0.25, 0.3) is 0 Å². The molecule has 0 radical (unpaired) electrons. The lowest BCUT2D eigenvalue weighted by Crippen LogP contribution is -2.34. The van der Waals surface area contributed by atoms with Crippen LogP contribution in [0.4, 0.5) is 4.39 Å². The van der Waals surface area contributed by atoms with Crippen LogP contribution in [0.5, 0.6) is 0 Å². The molecule has 3 heteroatoms. The van der Waals surface area contributed by atoms with Gasteiger partial charge in [-0.1, -0.05) is 26.0 Å². The lowest BCUT2D eigenvalue weighted by atomic mass is 9.72. The average molecular weight is 276 g/mol. The van der Waals surface area contributed by atoms with Crippen molar-refractivity contribution in [3.63, 3.8) is 0 Å². The smallest absolute Gasteiger partial charge is 0.170 e. The van der Waals surface area contributed by atoms with E-state index in [1.165, 1.54) is 6.07 Å². The average Bonchev–Trinajstić information content (AvgIpc) is 2.85. The van der Waals surface area contributed by atoms with Crippen LogP contribution in [-0.2, 0) is 5.60 Å². The Morgan fingerprint density at radius 1 is 1.40 bits per heavy atom. The van der Waals surface area contributed by atoms with Crippen LogP contribution in [0.15, 0.2) is 28.7 Å². The van der Waals surface area contributed by atoms with Gasteiger partial charge in [-0.2, -0.15) is 0 Å². The number of fused-ring (bicyclic) bond motifs is 1. The minimum Gasteiger partial charge on any atom is -0.455 e. The van der Waals surface area contributed by atoms with Gasteiger partial charge in [-0.15, -0.1) is 0 Å². The van der Waals surface area contributed by atoms with E-state index in [2.05, 4.69) is 13.8 Å². The molecular weight excluding hydrogens is 255 g/mol. The van der Waals surface area contributed by atoms with Crippen molar-refractivity contribution in [2.45, 2.75) is 45.1 Å². The first-order chi connectivity index (χ1) is 9.49. The molecule has 2 aromatic rings. The molecule has 2 atom stereocenters. The van der Waals surface area contributed by atoms with Crippen molar-refractivity contribution in [2.24, 2.45) is 11.8 Å². The maximum absolute atomic E-state index is 13.7. The van der Waals surface area contributed by atoms with Crippen LogP contribution >= 0.6 is 0 Å². The highest BCUT2D eigenvalue weighted by molar-refractivity contribution is 5.78. The molecule has 0 saturated heterocycles. The van der Waals surface area contributed by atoms with E-state index < -0.39 is 5.60 Å². The van der Waals surface area contributed by atoms with Crippen molar-refractivity contribution in [3.8, 4) is 0 Å². The van der Waals surface area contributed by atoms with Crippen molar-refractivity contribution in [1.29, 1.82) is 0 Å². The summed E-state index contributed by atoms with van der Waals surface area (Å²) < 4.78 is 19.4. The van der Waals surface area contributed by atoms with Gasteiger partial charge in [0.05, 0.1) is 0 Å². The van der Waals surface area contributed by atoms with E-state index in [4.69, 9.17) is 4.42 Å². The second-order valence-corrected chi connectivity index (χ2v) is 6.40. The third kappa shape index (κ3) is 2.24. The molecule has 1 saturated carbocycles. The molecule has 0 aliphatic heterocycles. The lowest BCUT2D eigenvalue weighted by molar-refractivity contribution is -0.0450. The lowest BCUT2D eigenvalue weighted by Gasteiger charge is -2.37. The van der Waals surface area contributed by atoms with Crippen molar-refractivity contribution >= 4 is 11.0 Å². The van der Waals surface area contributed by atoms with E-state index in [0.29, 0.717) is 30.4 Å². The molecule has 3 rings (SSSR count). The highest BCUT2D eigenvalue weighted by Crippen LogP contribution is 2.44. The van der Waals surface area contributed by atoms with E-state index in [1.807, 2.05) is 6.07 Å². The summed E-state index contributed by atoms with van der Waals surface area (Å²) in [5.74, 6) is 1.19. The van der Waals surface area contributed by atoms with Gasteiger partial charge in [0.1, 0.15) is 11.4 Å². The van der Waals surface area contributed by atoms with Gasteiger partial charge in [0.2, 0.25) is 0 Å². The van der Waals surface area contributed by atoms with Crippen LogP contribution in [0.25, 0.3) is 11.0 Å². The zero-order valence-corrected chi connectivity index (χ0v) is 12.0. The molecule has 2 unspecified atom stereocenters. The molecule has 20 heavy (non-hydrogen) atoms. The molecule has 1 fully saturated rings. The number of hydrogen-bond acceptors (Lipinski definition) is 2. The Kier molecular flexibility index (Phi) is 3.33. The van der Waals surface area contributed by atoms with Crippen molar-refractivity contribution in [2.75, 3.05) is 0 Å². The fourth-order valence-electron chi connectivity index (χ4n) is 3.34. The van der Waals surface area contributed by atoms with Crippen molar-refractivity contribution in [1.82, 2.24) is 0 Å². The van der Waals surface area contributed by atoms with Gasteiger partial charge < -0.3 is 9.52 Å². The summed E-state index contributed by atoms with van der Waals surface area (Å²) in [6.07, 6.45) is 3.53. The Balaban J connectivity index is 1.98. The third-order valence-electron chi connectivity index (χ3n) is 4.66. The zero-order chi connectivity index (χ0) is 14.3. The third-order valence-corrected chi connectivity index (χ3v) is 4.66. The number of para-hydroxylation sites is 1. The molecule has 1 N–H and O–H groups in total. The minimum atomic E-state index is -0.946. The molecule has 108 valence electrons. The predicted octanol–water partition coefficient (Wildman–Crippen LogP) is 4.61. The summed E-state index contributed by atoms with van der Waals surface area (Å²) in [4.78, 5) is 0. The van der Waals surface area contributed by atoms with Gasteiger partial charge in [0, 0.05) is 5.39 Å². The standard InChI is InChI=1S/C17H21FO2/c1-11(2)13-6-4-8-17(19,10-13)15-9-12-5-3-7-14(18)16(12)20-15/h3,5,7,9,11,13,19H,4,6,8,10H2,1-2H3. The second-order valence-electron chi connectivity index (χ2n) is 6.40. The Bertz CT molecular complexity index is 616. The quantitative estimate of drug-likeness (QED) is 0.869. The molecule has 1 aromatic carbocycles. The summed E-state index contributed by atoms with van der Waals surface area (Å²) in [5, 5.41) is 11.7. The molecule has 0 spiro atoms. The summed E-state index contributed by atoms with van der Waals surface area (Å²) in [6, 6.07) is 6.66. The largest absolute Gasteiger partial charge is 0.455 e. The fourth-order valence-corrected chi connectivity index (χ4v) is 3.34. The van der Waals surface area contributed by atoms with Crippen LogP contribution in [0, 0.1) is 17.7 Å². The first kappa shape index (κ1) is 13.6. The van der Waals surface area contributed by atoms with Crippen LogP contribution in [0.3, 0.4) is 0 Å². The number of halogens is 1. The monoisotopic (exact) mass is 276 g/mol. The van der Waals surface area contributed by atoms with Crippen LogP contribution in [0.1, 0.15) is 45.3 Å². The number of hydrogen-bond donors (Lipinski definition) is 1. The highest BCUT2D eigenvalue weighted by atomic mass is 19.1. The summed E-state index contributed by atoms with van der Waals surface area (Å²) in [5.41, 5.74) is -0.693. The molecule has 0 bridgehead atoms. The van der Waals surface area contributed by atoms with Crippen molar-refractivity contribution < 1.29 is 13.9 Å². The van der Waals surface area contributed by atoms with Gasteiger partial charge in [-0.25, -0.2) is 4.39 Å². The minimum absolute atomic E-state index is 0.252. The van der Waals surface area contributed by atoms with E-state index in [9.17, 15) is 9.50 Å². The summed E-state index contributed by atoms with van der Waals surface area (Å²) in [6.45, 7) is 4.38. The Labute approximate surface area is 118 Å². The normalized spacial score (nSPS) is 27.4. The van der Waals surface area contributed by atoms with Gasteiger partial charge in [-0.3, -0.25) is 0 Å². The number of rotatable bonds is 2. The zero-order valence-electron chi connectivity index (χ0n) is 12.0. The molecule has 1 aliphatic carbocycles. The van der Waals surface area contributed by atoms with E-state index in [-0.39, 0.29) is 11.4 Å². The number of benzene rings is 1. The predicted molar refractivity (Wildman–Crippen MR) is 76.9 cm³/mol. The Morgan fingerprint density at radius 3 is 2.90 bits per heavy atom. The number of aliphatic hydroxyl groups is 1. The first-order valence-electron chi connectivity index (χ1n) is 7.40. The van der Waals surface area contributed by atoms with Crippen LogP contribution < -0.4 is 0 Å². The summed E-state index contributed by atoms with van der Waals surface area (Å²) in [7, 11) is 0. The van der Waals surface area contributed by atoms with Crippen LogP contribution in [-0.4, -0.2) is 5.11 Å². The van der Waals surface area contributed by atoms with Gasteiger partial charge in [-0.05, 0) is 49.7 Å². The molecular formula is C17H21FO2. The van der Waals surface area contributed by atoms with Crippen LogP contribution in [0.2, 0.25) is 0 Å². The maximum atomic E-state index is 13.7. The Morgan fingerprint density at radius 2 is 2.20 bits per heavy atom. The maximum Gasteiger partial charge on any atom is 0.170 e. The van der Waals surface area contributed by atoms with Gasteiger partial charge in [0.15, 0.2) is 11.4 Å². The molecule has 1 heterocycles. The Hall–Kier alpha value is -1.35. The van der Waals surface area contributed by atoms with Gasteiger partial charge >= 0.3 is 0 Å². The van der Waals surface area contributed by atoms with E-state index in [1.54, 1.807) is 12.1 Å². The molecule has 2 nitrogen and oxygen atoms in total. The SMILES string of the molecule is CC(C)C1CCCC(O)(c2cc3cccc(F)c3o2)C1. The van der Waals surface area contributed by atoms with Crippen molar-refractivity contribution in [3.05, 3.63) is 35.8 Å². The topological polar surface area (TPSA) is 33.4 Å². The highest BCUT2D eigenvalue weighted by Gasteiger charge is 2.39. The molecule has 0 amide bonds. The summed E-state index contributed by atoms with van der Waals surface area (Å²) >= 11 is 0. The first-order valence-corrected chi connectivity index (χ1v) is 7.40. The van der Waals surface area contributed by atoms with E-state index >= 15 is 0 Å².